The van der Waals surface area contributed by atoms with E-state index in [4.69, 9.17) is 15.2 Å². The molecule has 1 radical (unpaired) electrons. The van der Waals surface area contributed by atoms with Gasteiger partial charge < -0.3 is 15.2 Å². The predicted molar refractivity (Wildman–Crippen MR) is 94.3 cm³/mol. The number of aryl methyl sites for hydroxylation is 1. The number of anilines is 1. The van der Waals surface area contributed by atoms with Crippen molar-refractivity contribution in [2.75, 3.05) is 12.5 Å². The van der Waals surface area contributed by atoms with Crippen LogP contribution in [-0.4, -0.2) is 6.79 Å². The third-order valence-corrected chi connectivity index (χ3v) is 4.43. The number of benzene rings is 3. The van der Waals surface area contributed by atoms with E-state index in [2.05, 4.69) is 6.07 Å². The number of para-hydroxylation sites is 1. The van der Waals surface area contributed by atoms with E-state index in [1.54, 1.807) is 6.07 Å². The third-order valence-electron chi connectivity index (χ3n) is 4.43. The van der Waals surface area contributed by atoms with Crippen LogP contribution in [0.4, 0.5) is 10.1 Å². The highest BCUT2D eigenvalue weighted by molar-refractivity contribution is 5.57. The highest BCUT2D eigenvalue weighted by Gasteiger charge is 2.24. The lowest BCUT2D eigenvalue weighted by Crippen LogP contribution is -2.09. The highest BCUT2D eigenvalue weighted by atomic mass is 19.1. The molecule has 2 N–H and O–H groups in total. The lowest BCUT2D eigenvalue weighted by atomic mass is 9.83. The van der Waals surface area contributed by atoms with Gasteiger partial charge in [0.05, 0.1) is 0 Å². The van der Waals surface area contributed by atoms with Crippen LogP contribution in [0.3, 0.4) is 0 Å². The molecular weight excluding hydrogens is 317 g/mol. The summed E-state index contributed by atoms with van der Waals surface area (Å²) >= 11 is 0. The van der Waals surface area contributed by atoms with Gasteiger partial charge >= 0.3 is 0 Å². The summed E-state index contributed by atoms with van der Waals surface area (Å²) in [7, 11) is 0. The first kappa shape index (κ1) is 15.5. The minimum Gasteiger partial charge on any atom is -0.454 e. The first-order valence-corrected chi connectivity index (χ1v) is 8.05. The lowest BCUT2D eigenvalue weighted by molar-refractivity contribution is 0.174. The zero-order chi connectivity index (χ0) is 17.4. The van der Waals surface area contributed by atoms with Crippen molar-refractivity contribution in [1.29, 1.82) is 0 Å². The summed E-state index contributed by atoms with van der Waals surface area (Å²) in [6.07, 6.45) is 0. The average Bonchev–Trinajstić information content (AvgIpc) is 3.06. The van der Waals surface area contributed by atoms with Crippen molar-refractivity contribution in [3.05, 3.63) is 88.7 Å². The predicted octanol–water partition coefficient (Wildman–Crippen LogP) is 4.43. The molecule has 4 rings (SSSR count). The number of nitrogen functional groups attached to an aromatic ring is 1. The second kappa shape index (κ2) is 6.13. The zero-order valence-electron chi connectivity index (χ0n) is 13.8. The minimum absolute atomic E-state index is 0.198. The Bertz CT molecular complexity index is 939. The fourth-order valence-electron chi connectivity index (χ4n) is 3.20. The Morgan fingerprint density at radius 1 is 1.04 bits per heavy atom. The lowest BCUT2D eigenvalue weighted by Gasteiger charge is -2.21. The quantitative estimate of drug-likeness (QED) is 0.569. The van der Waals surface area contributed by atoms with E-state index in [9.17, 15) is 4.39 Å². The van der Waals surface area contributed by atoms with Gasteiger partial charge in [0.1, 0.15) is 5.82 Å². The van der Waals surface area contributed by atoms with Crippen molar-refractivity contribution in [1.82, 2.24) is 0 Å². The number of hydrogen-bond donors (Lipinski definition) is 1. The molecule has 0 spiro atoms. The van der Waals surface area contributed by atoms with Crippen LogP contribution in [0.5, 0.6) is 11.5 Å². The largest absolute Gasteiger partial charge is 0.454 e. The summed E-state index contributed by atoms with van der Waals surface area (Å²) in [4.78, 5) is 0. The number of nitrogens with two attached hydrogens (primary N) is 1. The molecule has 0 aliphatic carbocycles. The summed E-state index contributed by atoms with van der Waals surface area (Å²) in [5.74, 6) is 0.742. The standard InChI is InChI=1S/C21H17FNO2/c1-13-6-8-15(17(22)10-13)21(16-4-2-3-5-18(16)23)14-7-9-19-20(11-14)25-12-24-19/h2-4,6-11,21H,12,23H2,1H3. The van der Waals surface area contributed by atoms with E-state index in [0.29, 0.717) is 22.7 Å². The van der Waals surface area contributed by atoms with Gasteiger partial charge in [0.25, 0.3) is 0 Å². The van der Waals surface area contributed by atoms with Gasteiger partial charge in [-0.3, -0.25) is 0 Å². The van der Waals surface area contributed by atoms with E-state index in [0.717, 1.165) is 16.7 Å². The van der Waals surface area contributed by atoms with Gasteiger partial charge in [-0.2, -0.15) is 0 Å². The Kier molecular flexibility index (Phi) is 3.80. The molecule has 0 saturated carbocycles. The monoisotopic (exact) mass is 334 g/mol. The molecule has 1 aliphatic rings. The normalized spacial score (nSPS) is 13.7. The summed E-state index contributed by atoms with van der Waals surface area (Å²) in [6.45, 7) is 2.07. The number of fused-ring (bicyclic) bond motifs is 1. The Morgan fingerprint density at radius 2 is 1.88 bits per heavy atom. The molecule has 0 fully saturated rings. The molecule has 0 aromatic heterocycles. The van der Waals surface area contributed by atoms with E-state index < -0.39 is 0 Å². The molecule has 4 heteroatoms. The third kappa shape index (κ3) is 2.80. The second-order valence-electron chi connectivity index (χ2n) is 6.11. The van der Waals surface area contributed by atoms with Gasteiger partial charge in [-0.15, -0.1) is 0 Å². The molecule has 125 valence electrons. The molecule has 3 aromatic rings. The molecule has 0 saturated heterocycles. The topological polar surface area (TPSA) is 44.5 Å². The molecule has 1 heterocycles. The molecule has 0 bridgehead atoms. The number of rotatable bonds is 3. The SMILES string of the molecule is Cc1ccc(C(c2ccc3c(c2)OCO3)c2ccc[c]c2N)c(F)c1. The number of hydrogen-bond acceptors (Lipinski definition) is 3. The van der Waals surface area contributed by atoms with E-state index in [1.807, 2.05) is 49.4 Å². The summed E-state index contributed by atoms with van der Waals surface area (Å²) in [5.41, 5.74) is 9.80. The number of halogens is 1. The molecule has 3 nitrogen and oxygen atoms in total. The van der Waals surface area contributed by atoms with E-state index >= 15 is 0 Å². The van der Waals surface area contributed by atoms with Crippen LogP contribution in [-0.2, 0) is 0 Å². The van der Waals surface area contributed by atoms with Gasteiger partial charge in [0, 0.05) is 17.7 Å². The van der Waals surface area contributed by atoms with Crippen molar-refractivity contribution in [2.45, 2.75) is 12.8 Å². The average molecular weight is 334 g/mol. The molecule has 3 aromatic carbocycles. The Labute approximate surface area is 145 Å². The van der Waals surface area contributed by atoms with Crippen LogP contribution in [0.15, 0.2) is 54.6 Å². The fraction of sp³-hybridized carbons (Fsp3) is 0.143. The Hall–Kier alpha value is -3.01. The second-order valence-corrected chi connectivity index (χ2v) is 6.11. The van der Waals surface area contributed by atoms with Crippen LogP contribution in [0, 0.1) is 18.8 Å². The Balaban J connectivity index is 1.91. The van der Waals surface area contributed by atoms with E-state index in [1.165, 1.54) is 6.07 Å². The molecule has 1 aliphatic heterocycles. The first-order chi connectivity index (χ1) is 12.1. The maximum atomic E-state index is 14.8. The van der Waals surface area contributed by atoms with Gasteiger partial charge in [-0.1, -0.05) is 36.4 Å². The van der Waals surface area contributed by atoms with Crippen LogP contribution in [0.1, 0.15) is 28.2 Å². The maximum absolute atomic E-state index is 14.8. The first-order valence-electron chi connectivity index (χ1n) is 8.05. The van der Waals surface area contributed by atoms with Gasteiger partial charge in [0.15, 0.2) is 11.5 Å². The molecule has 1 atom stereocenters. The van der Waals surface area contributed by atoms with Crippen molar-refractivity contribution in [3.8, 4) is 11.5 Å². The van der Waals surface area contributed by atoms with Crippen molar-refractivity contribution in [2.24, 2.45) is 0 Å². The summed E-state index contributed by atoms with van der Waals surface area (Å²) in [5, 5.41) is 0. The van der Waals surface area contributed by atoms with E-state index in [-0.39, 0.29) is 18.5 Å². The van der Waals surface area contributed by atoms with Gasteiger partial charge in [-0.25, -0.2) is 4.39 Å². The molecule has 0 amide bonds. The minimum atomic E-state index is -0.354. The smallest absolute Gasteiger partial charge is 0.231 e. The van der Waals surface area contributed by atoms with Crippen molar-refractivity contribution in [3.63, 3.8) is 0 Å². The fourth-order valence-corrected chi connectivity index (χ4v) is 3.20. The number of ether oxygens (including phenoxy) is 2. The molecule has 25 heavy (non-hydrogen) atoms. The van der Waals surface area contributed by atoms with Crippen molar-refractivity contribution >= 4 is 5.69 Å². The molecular formula is C21H17FNO2. The molecule has 1 unspecified atom stereocenters. The summed E-state index contributed by atoms with van der Waals surface area (Å²) in [6, 6.07) is 19.4. The zero-order valence-corrected chi connectivity index (χ0v) is 13.8. The van der Waals surface area contributed by atoms with Gasteiger partial charge in [-0.05, 0) is 47.4 Å². The van der Waals surface area contributed by atoms with Crippen LogP contribution in [0.2, 0.25) is 0 Å². The summed E-state index contributed by atoms with van der Waals surface area (Å²) < 4.78 is 25.6. The van der Waals surface area contributed by atoms with Crippen LogP contribution in [0.25, 0.3) is 0 Å². The maximum Gasteiger partial charge on any atom is 0.231 e. The van der Waals surface area contributed by atoms with Crippen LogP contribution >= 0.6 is 0 Å². The van der Waals surface area contributed by atoms with Crippen LogP contribution < -0.4 is 15.2 Å². The van der Waals surface area contributed by atoms with Gasteiger partial charge in [0.2, 0.25) is 6.79 Å². The van der Waals surface area contributed by atoms with Crippen molar-refractivity contribution < 1.29 is 13.9 Å². The highest BCUT2D eigenvalue weighted by Crippen LogP contribution is 2.41. The Morgan fingerprint density at radius 3 is 2.68 bits per heavy atom.